The van der Waals surface area contributed by atoms with Gasteiger partial charge in [-0.2, -0.15) is 4.31 Å². The second-order valence-electron chi connectivity index (χ2n) is 8.10. The minimum absolute atomic E-state index is 0.00817. The third-order valence-electron chi connectivity index (χ3n) is 5.93. The number of halogens is 1. The van der Waals surface area contributed by atoms with Gasteiger partial charge >= 0.3 is 0 Å². The van der Waals surface area contributed by atoms with Gasteiger partial charge in [0, 0.05) is 18.0 Å². The molecule has 1 aromatic heterocycles. The van der Waals surface area contributed by atoms with Gasteiger partial charge in [-0.3, -0.25) is 4.79 Å². The molecule has 1 unspecified atom stereocenters. The summed E-state index contributed by atoms with van der Waals surface area (Å²) >= 11 is 1.69. The van der Waals surface area contributed by atoms with Crippen LogP contribution in [0, 0.1) is 5.82 Å². The first-order valence-corrected chi connectivity index (χ1v) is 13.4. The Hall–Kier alpha value is -2.55. The SMILES string of the molecule is CCCCN(CC(=O)N1CCc2sccc2C1c1ccccc1)S(=O)(=O)c1ccc(F)cc1. The fourth-order valence-electron chi connectivity index (χ4n) is 4.20. The fraction of sp³-hybridized carbons (Fsp3) is 0.320. The van der Waals surface area contributed by atoms with Crippen LogP contribution in [-0.4, -0.2) is 43.2 Å². The number of hydrogen-bond acceptors (Lipinski definition) is 4. The molecule has 0 saturated heterocycles. The molecule has 1 aliphatic rings. The van der Waals surface area contributed by atoms with Crippen molar-refractivity contribution in [1.82, 2.24) is 9.21 Å². The summed E-state index contributed by atoms with van der Waals surface area (Å²) in [6.07, 6.45) is 2.17. The van der Waals surface area contributed by atoms with Crippen LogP contribution in [0.1, 0.15) is 41.8 Å². The largest absolute Gasteiger partial charge is 0.330 e. The van der Waals surface area contributed by atoms with E-state index in [0.717, 1.165) is 36.1 Å². The van der Waals surface area contributed by atoms with E-state index in [0.29, 0.717) is 13.0 Å². The van der Waals surface area contributed by atoms with Crippen molar-refractivity contribution in [3.8, 4) is 0 Å². The van der Waals surface area contributed by atoms with Gasteiger partial charge in [-0.15, -0.1) is 11.3 Å². The van der Waals surface area contributed by atoms with Gasteiger partial charge in [-0.1, -0.05) is 43.7 Å². The van der Waals surface area contributed by atoms with Crippen molar-refractivity contribution in [3.63, 3.8) is 0 Å². The van der Waals surface area contributed by atoms with Gasteiger partial charge in [0.15, 0.2) is 0 Å². The molecule has 4 rings (SSSR count). The molecule has 33 heavy (non-hydrogen) atoms. The summed E-state index contributed by atoms with van der Waals surface area (Å²) < 4.78 is 41.2. The van der Waals surface area contributed by atoms with Crippen molar-refractivity contribution in [2.75, 3.05) is 19.6 Å². The maximum absolute atomic E-state index is 13.6. The van der Waals surface area contributed by atoms with Crippen LogP contribution in [0.3, 0.4) is 0 Å². The molecule has 0 spiro atoms. The summed E-state index contributed by atoms with van der Waals surface area (Å²) in [5.41, 5.74) is 2.11. The van der Waals surface area contributed by atoms with E-state index in [4.69, 9.17) is 0 Å². The van der Waals surface area contributed by atoms with E-state index in [1.807, 2.05) is 42.6 Å². The minimum atomic E-state index is -3.93. The van der Waals surface area contributed by atoms with Crippen molar-refractivity contribution >= 4 is 27.3 Å². The molecule has 0 aliphatic carbocycles. The summed E-state index contributed by atoms with van der Waals surface area (Å²) in [4.78, 5) is 16.6. The van der Waals surface area contributed by atoms with Crippen LogP contribution in [0.2, 0.25) is 0 Å². The molecule has 0 bridgehead atoms. The Kier molecular flexibility index (Phi) is 7.26. The lowest BCUT2D eigenvalue weighted by molar-refractivity contribution is -0.133. The van der Waals surface area contributed by atoms with E-state index in [-0.39, 0.29) is 29.9 Å². The predicted octanol–water partition coefficient (Wildman–Crippen LogP) is 4.85. The molecule has 174 valence electrons. The van der Waals surface area contributed by atoms with Gasteiger partial charge in [-0.05, 0) is 59.7 Å². The van der Waals surface area contributed by atoms with E-state index in [1.54, 1.807) is 16.2 Å². The average Bonchev–Trinajstić information content (AvgIpc) is 3.30. The third kappa shape index (κ3) is 5.03. The van der Waals surface area contributed by atoms with E-state index < -0.39 is 15.8 Å². The van der Waals surface area contributed by atoms with E-state index >= 15 is 0 Å². The summed E-state index contributed by atoms with van der Waals surface area (Å²) in [7, 11) is -3.93. The van der Waals surface area contributed by atoms with Crippen LogP contribution in [0.25, 0.3) is 0 Å². The molecule has 1 aliphatic heterocycles. The maximum atomic E-state index is 13.6. The Morgan fingerprint density at radius 1 is 1.12 bits per heavy atom. The van der Waals surface area contributed by atoms with Crippen molar-refractivity contribution in [2.24, 2.45) is 0 Å². The second kappa shape index (κ2) is 10.2. The second-order valence-corrected chi connectivity index (χ2v) is 11.0. The molecule has 0 radical (unpaired) electrons. The number of carbonyl (C=O) groups is 1. The number of hydrogen-bond donors (Lipinski definition) is 0. The van der Waals surface area contributed by atoms with Crippen LogP contribution in [-0.2, 0) is 21.2 Å². The number of nitrogens with zero attached hydrogens (tertiary/aromatic N) is 2. The van der Waals surface area contributed by atoms with Gasteiger partial charge in [0.25, 0.3) is 0 Å². The number of carbonyl (C=O) groups excluding carboxylic acids is 1. The minimum Gasteiger partial charge on any atom is -0.330 e. The number of thiophene rings is 1. The lowest BCUT2D eigenvalue weighted by Crippen LogP contribution is -2.47. The Labute approximate surface area is 198 Å². The van der Waals surface area contributed by atoms with Crippen LogP contribution in [0.5, 0.6) is 0 Å². The number of unbranched alkanes of at least 4 members (excludes halogenated alkanes) is 1. The van der Waals surface area contributed by atoms with E-state index in [2.05, 4.69) is 6.07 Å². The molecular weight excluding hydrogens is 459 g/mol. The molecule has 2 heterocycles. The van der Waals surface area contributed by atoms with E-state index in [1.165, 1.54) is 21.3 Å². The molecule has 0 saturated carbocycles. The first-order chi connectivity index (χ1) is 15.9. The fourth-order valence-corrected chi connectivity index (χ4v) is 6.53. The number of fused-ring (bicyclic) bond motifs is 1. The molecule has 0 N–H and O–H groups in total. The highest BCUT2D eigenvalue weighted by Crippen LogP contribution is 2.38. The molecule has 2 aromatic carbocycles. The monoisotopic (exact) mass is 486 g/mol. The molecular formula is C25H27FN2O3S2. The number of rotatable bonds is 8. The van der Waals surface area contributed by atoms with Gasteiger partial charge in [0.05, 0.1) is 17.5 Å². The van der Waals surface area contributed by atoms with Crippen LogP contribution in [0.4, 0.5) is 4.39 Å². The van der Waals surface area contributed by atoms with Crippen molar-refractivity contribution in [2.45, 2.75) is 37.1 Å². The van der Waals surface area contributed by atoms with Crippen LogP contribution < -0.4 is 0 Å². The summed E-state index contributed by atoms with van der Waals surface area (Å²) in [5, 5.41) is 2.04. The van der Waals surface area contributed by atoms with Crippen LogP contribution >= 0.6 is 11.3 Å². The van der Waals surface area contributed by atoms with Crippen molar-refractivity contribution in [3.05, 3.63) is 87.9 Å². The highest BCUT2D eigenvalue weighted by atomic mass is 32.2. The lowest BCUT2D eigenvalue weighted by atomic mass is 9.93. The lowest BCUT2D eigenvalue weighted by Gasteiger charge is -2.37. The highest BCUT2D eigenvalue weighted by Gasteiger charge is 2.35. The first-order valence-electron chi connectivity index (χ1n) is 11.1. The quantitative estimate of drug-likeness (QED) is 0.457. The molecule has 3 aromatic rings. The Morgan fingerprint density at radius 2 is 1.85 bits per heavy atom. The number of sulfonamides is 1. The average molecular weight is 487 g/mol. The van der Waals surface area contributed by atoms with Gasteiger partial charge in [-0.25, -0.2) is 12.8 Å². The third-order valence-corrected chi connectivity index (χ3v) is 8.78. The standard InChI is InChI=1S/C25H27FN2O3S2/c1-2-3-15-27(33(30,31)21-11-9-20(26)10-12-21)18-24(29)28-16-13-23-22(14-17-32-23)25(28)19-7-5-4-6-8-19/h4-12,14,17,25H,2-3,13,15-16,18H2,1H3. The maximum Gasteiger partial charge on any atom is 0.243 e. The molecule has 8 heteroatoms. The molecule has 1 atom stereocenters. The highest BCUT2D eigenvalue weighted by molar-refractivity contribution is 7.89. The molecule has 1 amide bonds. The number of amides is 1. The summed E-state index contributed by atoms with van der Waals surface area (Å²) in [6.45, 7) is 2.49. The molecule has 5 nitrogen and oxygen atoms in total. The van der Waals surface area contributed by atoms with Crippen LogP contribution in [0.15, 0.2) is 70.9 Å². The van der Waals surface area contributed by atoms with Gasteiger partial charge in [0.1, 0.15) is 5.82 Å². The summed E-state index contributed by atoms with van der Waals surface area (Å²) in [6, 6.07) is 16.4. The zero-order chi connectivity index (χ0) is 23.4. The zero-order valence-corrected chi connectivity index (χ0v) is 20.1. The summed E-state index contributed by atoms with van der Waals surface area (Å²) in [5.74, 6) is -0.738. The van der Waals surface area contributed by atoms with Crippen molar-refractivity contribution < 1.29 is 17.6 Å². The smallest absolute Gasteiger partial charge is 0.243 e. The van der Waals surface area contributed by atoms with Gasteiger partial charge < -0.3 is 4.90 Å². The molecule has 0 fully saturated rings. The zero-order valence-electron chi connectivity index (χ0n) is 18.5. The van der Waals surface area contributed by atoms with E-state index in [9.17, 15) is 17.6 Å². The Bertz CT molecular complexity index is 1190. The topological polar surface area (TPSA) is 57.7 Å². The van der Waals surface area contributed by atoms with Crippen molar-refractivity contribution in [1.29, 1.82) is 0 Å². The predicted molar refractivity (Wildman–Crippen MR) is 128 cm³/mol. The Balaban J connectivity index is 1.64. The first kappa shape index (κ1) is 23.6. The normalized spacial score (nSPS) is 16.1. The Morgan fingerprint density at radius 3 is 2.55 bits per heavy atom. The number of benzene rings is 2. The van der Waals surface area contributed by atoms with Gasteiger partial charge in [0.2, 0.25) is 15.9 Å².